The maximum Gasteiger partial charge on any atom is 0.165 e. The lowest BCUT2D eigenvalue weighted by Gasteiger charge is -2.33. The Hall–Kier alpha value is -1.01. The van der Waals surface area contributed by atoms with Crippen LogP contribution in [0.3, 0.4) is 0 Å². The number of tetrazole rings is 1. The van der Waals surface area contributed by atoms with Crippen LogP contribution in [0.15, 0.2) is 0 Å². The fourth-order valence-electron chi connectivity index (χ4n) is 2.81. The summed E-state index contributed by atoms with van der Waals surface area (Å²) in [5, 5.41) is 12.1. The van der Waals surface area contributed by atoms with Crippen molar-refractivity contribution in [3.63, 3.8) is 0 Å². The summed E-state index contributed by atoms with van der Waals surface area (Å²) >= 11 is 0. The summed E-state index contributed by atoms with van der Waals surface area (Å²) in [6.07, 6.45) is 7.12. The minimum Gasteiger partial charge on any atom is -0.328 e. The van der Waals surface area contributed by atoms with Gasteiger partial charge in [-0.2, -0.15) is 0 Å². The second-order valence-corrected chi connectivity index (χ2v) is 5.75. The van der Waals surface area contributed by atoms with Gasteiger partial charge in [-0.3, -0.25) is 4.90 Å². The highest BCUT2D eigenvalue weighted by Gasteiger charge is 2.29. The molecule has 0 radical (unpaired) electrons. The SMILES string of the molecule is CN(Cc1nnnn1C1CC1)C1CCC(N)CC1. The van der Waals surface area contributed by atoms with Crippen molar-refractivity contribution in [3.05, 3.63) is 5.82 Å². The third-order valence-corrected chi connectivity index (χ3v) is 4.21. The van der Waals surface area contributed by atoms with Crippen LogP contribution in [0.25, 0.3) is 0 Å². The van der Waals surface area contributed by atoms with E-state index >= 15 is 0 Å². The van der Waals surface area contributed by atoms with E-state index in [1.807, 2.05) is 4.68 Å². The molecule has 100 valence electrons. The Kier molecular flexibility index (Phi) is 3.30. The smallest absolute Gasteiger partial charge is 0.165 e. The second-order valence-electron chi connectivity index (χ2n) is 5.75. The van der Waals surface area contributed by atoms with Gasteiger partial charge < -0.3 is 5.73 Å². The van der Waals surface area contributed by atoms with E-state index in [-0.39, 0.29) is 0 Å². The van der Waals surface area contributed by atoms with E-state index in [0.717, 1.165) is 25.2 Å². The van der Waals surface area contributed by atoms with E-state index in [1.54, 1.807) is 0 Å². The van der Waals surface area contributed by atoms with Gasteiger partial charge in [0.25, 0.3) is 0 Å². The van der Waals surface area contributed by atoms with Gasteiger partial charge in [-0.05, 0) is 56.0 Å². The molecule has 0 spiro atoms. The summed E-state index contributed by atoms with van der Waals surface area (Å²) in [5.41, 5.74) is 5.95. The molecule has 3 rings (SSSR count). The van der Waals surface area contributed by atoms with Gasteiger partial charge in [-0.25, -0.2) is 4.68 Å². The predicted octanol–water partition coefficient (Wildman–Crippen LogP) is 0.710. The fraction of sp³-hybridized carbons (Fsp3) is 0.917. The zero-order chi connectivity index (χ0) is 12.5. The summed E-state index contributed by atoms with van der Waals surface area (Å²) in [4.78, 5) is 2.39. The monoisotopic (exact) mass is 250 g/mol. The highest BCUT2D eigenvalue weighted by molar-refractivity contribution is 4.91. The van der Waals surface area contributed by atoms with E-state index in [9.17, 15) is 0 Å². The van der Waals surface area contributed by atoms with Crippen molar-refractivity contribution >= 4 is 0 Å². The molecule has 6 nitrogen and oxygen atoms in total. The van der Waals surface area contributed by atoms with Crippen LogP contribution in [-0.4, -0.2) is 44.2 Å². The molecule has 2 fully saturated rings. The molecule has 1 aromatic heterocycles. The lowest BCUT2D eigenvalue weighted by Crippen LogP contribution is -2.38. The lowest BCUT2D eigenvalue weighted by molar-refractivity contribution is 0.170. The number of hydrogen-bond acceptors (Lipinski definition) is 5. The summed E-state index contributed by atoms with van der Waals surface area (Å²) in [7, 11) is 2.17. The third-order valence-electron chi connectivity index (χ3n) is 4.21. The Balaban J connectivity index is 1.59. The maximum absolute atomic E-state index is 5.95. The van der Waals surface area contributed by atoms with Gasteiger partial charge in [0.2, 0.25) is 0 Å². The zero-order valence-corrected chi connectivity index (χ0v) is 11.0. The molecule has 2 N–H and O–H groups in total. The Labute approximate surface area is 108 Å². The van der Waals surface area contributed by atoms with Crippen LogP contribution < -0.4 is 5.73 Å². The van der Waals surface area contributed by atoms with Gasteiger partial charge in [0.1, 0.15) is 0 Å². The summed E-state index contributed by atoms with van der Waals surface area (Å²) in [6, 6.07) is 1.60. The number of nitrogens with zero attached hydrogens (tertiary/aromatic N) is 5. The summed E-state index contributed by atoms with van der Waals surface area (Å²) in [6.45, 7) is 0.851. The lowest BCUT2D eigenvalue weighted by atomic mass is 9.91. The molecular weight excluding hydrogens is 228 g/mol. The molecule has 1 aromatic rings. The first kappa shape index (κ1) is 12.0. The molecule has 0 amide bonds. The van der Waals surface area contributed by atoms with E-state index in [0.29, 0.717) is 18.1 Å². The van der Waals surface area contributed by atoms with Crippen molar-refractivity contribution in [3.8, 4) is 0 Å². The molecule has 2 saturated carbocycles. The van der Waals surface area contributed by atoms with E-state index in [1.165, 1.54) is 25.7 Å². The average Bonchev–Trinajstić information content (AvgIpc) is 3.11. The zero-order valence-electron chi connectivity index (χ0n) is 11.0. The molecule has 0 saturated heterocycles. The summed E-state index contributed by atoms with van der Waals surface area (Å²) in [5.74, 6) is 1.01. The largest absolute Gasteiger partial charge is 0.328 e. The molecule has 18 heavy (non-hydrogen) atoms. The van der Waals surface area contributed by atoms with E-state index in [2.05, 4.69) is 27.5 Å². The topological polar surface area (TPSA) is 72.9 Å². The van der Waals surface area contributed by atoms with Crippen LogP contribution in [0, 0.1) is 0 Å². The van der Waals surface area contributed by atoms with Gasteiger partial charge in [0.15, 0.2) is 5.82 Å². The highest BCUT2D eigenvalue weighted by atomic mass is 15.6. The van der Waals surface area contributed by atoms with Gasteiger partial charge in [-0.1, -0.05) is 0 Å². The Morgan fingerprint density at radius 2 is 1.94 bits per heavy atom. The van der Waals surface area contributed by atoms with E-state index < -0.39 is 0 Å². The van der Waals surface area contributed by atoms with Crippen LogP contribution in [0.5, 0.6) is 0 Å². The van der Waals surface area contributed by atoms with Crippen molar-refractivity contribution < 1.29 is 0 Å². The standard InChI is InChI=1S/C12H22N6/c1-17(10-4-2-9(13)3-5-10)8-12-14-15-16-18(12)11-6-7-11/h9-11H,2-8,13H2,1H3. The third kappa shape index (κ3) is 2.54. The van der Waals surface area contributed by atoms with Crippen molar-refractivity contribution in [1.82, 2.24) is 25.1 Å². The molecule has 0 aromatic carbocycles. The number of rotatable bonds is 4. The molecule has 2 aliphatic rings. The van der Waals surface area contributed by atoms with Crippen LogP contribution >= 0.6 is 0 Å². The number of aromatic nitrogens is 4. The minimum absolute atomic E-state index is 0.409. The molecule has 6 heteroatoms. The molecular formula is C12H22N6. The molecule has 0 aliphatic heterocycles. The van der Waals surface area contributed by atoms with Crippen molar-refractivity contribution in [2.24, 2.45) is 5.73 Å². The molecule has 0 bridgehead atoms. The van der Waals surface area contributed by atoms with Crippen LogP contribution in [0.4, 0.5) is 0 Å². The van der Waals surface area contributed by atoms with Gasteiger partial charge >= 0.3 is 0 Å². The number of nitrogens with two attached hydrogens (primary N) is 1. The van der Waals surface area contributed by atoms with Crippen LogP contribution in [0.2, 0.25) is 0 Å². The molecule has 2 aliphatic carbocycles. The minimum atomic E-state index is 0.409. The molecule has 1 heterocycles. The molecule has 0 unspecified atom stereocenters. The van der Waals surface area contributed by atoms with Crippen molar-refractivity contribution in [1.29, 1.82) is 0 Å². The second kappa shape index (κ2) is 4.93. The average molecular weight is 250 g/mol. The fourth-order valence-corrected chi connectivity index (χ4v) is 2.81. The quantitative estimate of drug-likeness (QED) is 0.852. The first-order valence-electron chi connectivity index (χ1n) is 6.96. The van der Waals surface area contributed by atoms with Crippen LogP contribution in [-0.2, 0) is 6.54 Å². The first-order valence-corrected chi connectivity index (χ1v) is 6.96. The van der Waals surface area contributed by atoms with Gasteiger partial charge in [-0.15, -0.1) is 5.10 Å². The Bertz CT molecular complexity index is 391. The highest BCUT2D eigenvalue weighted by Crippen LogP contribution is 2.34. The Morgan fingerprint density at radius 1 is 1.22 bits per heavy atom. The normalized spacial score (nSPS) is 28.8. The van der Waals surface area contributed by atoms with Crippen molar-refractivity contribution in [2.45, 2.75) is 63.2 Å². The molecule has 0 atom stereocenters. The Morgan fingerprint density at radius 3 is 2.61 bits per heavy atom. The predicted molar refractivity (Wildman–Crippen MR) is 67.8 cm³/mol. The van der Waals surface area contributed by atoms with Crippen LogP contribution in [0.1, 0.15) is 50.4 Å². The maximum atomic E-state index is 5.95. The first-order chi connectivity index (χ1) is 8.74. The summed E-state index contributed by atoms with van der Waals surface area (Å²) < 4.78 is 2.01. The number of hydrogen-bond donors (Lipinski definition) is 1. The van der Waals surface area contributed by atoms with Gasteiger partial charge in [0, 0.05) is 12.1 Å². The van der Waals surface area contributed by atoms with Gasteiger partial charge in [0.05, 0.1) is 12.6 Å². The van der Waals surface area contributed by atoms with Crippen molar-refractivity contribution in [2.75, 3.05) is 7.05 Å². The van der Waals surface area contributed by atoms with E-state index in [4.69, 9.17) is 5.73 Å².